The van der Waals surface area contributed by atoms with E-state index in [0.717, 1.165) is 22.6 Å². The summed E-state index contributed by atoms with van der Waals surface area (Å²) >= 11 is 1.67. The first-order chi connectivity index (χ1) is 13.7. The van der Waals surface area contributed by atoms with Crippen LogP contribution in [0.4, 0.5) is 0 Å². The number of thiophene rings is 1. The summed E-state index contributed by atoms with van der Waals surface area (Å²) < 4.78 is 10.7. The minimum atomic E-state index is 0.134. The molecule has 0 aliphatic heterocycles. The van der Waals surface area contributed by atoms with Crippen molar-refractivity contribution in [3.63, 3.8) is 0 Å². The number of benzene rings is 2. The van der Waals surface area contributed by atoms with Crippen LogP contribution >= 0.6 is 11.3 Å². The zero-order valence-electron chi connectivity index (χ0n) is 16.3. The third-order valence-corrected chi connectivity index (χ3v) is 5.48. The van der Waals surface area contributed by atoms with Gasteiger partial charge < -0.3 is 14.4 Å². The zero-order chi connectivity index (χ0) is 19.8. The van der Waals surface area contributed by atoms with Crippen LogP contribution in [0.1, 0.15) is 22.4 Å². The summed E-state index contributed by atoms with van der Waals surface area (Å²) in [6.07, 6.45) is 1.17. The average molecular weight is 396 g/mol. The fourth-order valence-corrected chi connectivity index (χ4v) is 3.78. The molecule has 1 heterocycles. The summed E-state index contributed by atoms with van der Waals surface area (Å²) in [5.41, 5.74) is 2.14. The van der Waals surface area contributed by atoms with Gasteiger partial charge in [-0.15, -0.1) is 11.3 Å². The number of para-hydroxylation sites is 1. The number of methoxy groups -OCH3 is 2. The number of aryl methyl sites for hydroxylation is 1. The smallest absolute Gasteiger partial charge is 0.223 e. The van der Waals surface area contributed by atoms with E-state index in [1.54, 1.807) is 25.6 Å². The molecule has 0 atom stereocenters. The summed E-state index contributed by atoms with van der Waals surface area (Å²) in [4.78, 5) is 16.1. The lowest BCUT2D eigenvalue weighted by atomic mass is 10.1. The van der Waals surface area contributed by atoms with Crippen molar-refractivity contribution in [3.8, 4) is 11.5 Å². The van der Waals surface area contributed by atoms with E-state index in [-0.39, 0.29) is 5.91 Å². The molecule has 0 spiro atoms. The van der Waals surface area contributed by atoms with Gasteiger partial charge in [-0.1, -0.05) is 36.4 Å². The minimum absolute atomic E-state index is 0.134. The summed E-state index contributed by atoms with van der Waals surface area (Å²) in [7, 11) is 3.31. The predicted octanol–water partition coefficient (Wildman–Crippen LogP) is 4.93. The molecule has 0 radical (unpaired) electrons. The number of hydrogen-bond acceptors (Lipinski definition) is 4. The normalized spacial score (nSPS) is 10.5. The quantitative estimate of drug-likeness (QED) is 0.516. The molecule has 1 amide bonds. The van der Waals surface area contributed by atoms with Crippen LogP contribution in [0.3, 0.4) is 0 Å². The highest BCUT2D eigenvalue weighted by atomic mass is 32.1. The van der Waals surface area contributed by atoms with Crippen LogP contribution in [-0.4, -0.2) is 25.0 Å². The summed E-state index contributed by atoms with van der Waals surface area (Å²) in [6.45, 7) is 1.14. The number of amides is 1. The summed E-state index contributed by atoms with van der Waals surface area (Å²) in [5.74, 6) is 1.77. The highest BCUT2D eigenvalue weighted by molar-refractivity contribution is 7.09. The number of carbonyl (C=O) groups is 1. The SMILES string of the molecule is COc1ccc(CCC(=O)N(Cc2cccs2)Cc2ccccc2OC)cc1. The van der Waals surface area contributed by atoms with Gasteiger partial charge >= 0.3 is 0 Å². The van der Waals surface area contributed by atoms with Gasteiger partial charge in [-0.25, -0.2) is 0 Å². The second-order valence-corrected chi connectivity index (χ2v) is 7.52. The van der Waals surface area contributed by atoms with Crippen LogP contribution in [0, 0.1) is 0 Å². The first-order valence-electron chi connectivity index (χ1n) is 9.24. The van der Waals surface area contributed by atoms with Crippen LogP contribution in [0.15, 0.2) is 66.0 Å². The molecule has 1 aromatic heterocycles. The Labute approximate surface area is 170 Å². The molecule has 0 aliphatic carbocycles. The van der Waals surface area contributed by atoms with Crippen LogP contribution in [0.2, 0.25) is 0 Å². The largest absolute Gasteiger partial charge is 0.497 e. The monoisotopic (exact) mass is 395 g/mol. The molecule has 4 nitrogen and oxygen atoms in total. The highest BCUT2D eigenvalue weighted by Gasteiger charge is 2.17. The Morgan fingerprint density at radius 1 is 0.929 bits per heavy atom. The topological polar surface area (TPSA) is 38.8 Å². The Morgan fingerprint density at radius 3 is 2.39 bits per heavy atom. The standard InChI is InChI=1S/C23H25NO3S/c1-26-20-12-9-18(10-13-20)11-14-23(25)24(17-21-7-5-15-28-21)16-19-6-3-4-8-22(19)27-2/h3-10,12-13,15H,11,14,16-17H2,1-2H3. The Balaban J connectivity index is 1.70. The van der Waals surface area contributed by atoms with E-state index < -0.39 is 0 Å². The van der Waals surface area contributed by atoms with E-state index in [4.69, 9.17) is 9.47 Å². The molecule has 5 heteroatoms. The van der Waals surface area contributed by atoms with Crippen LogP contribution in [-0.2, 0) is 24.3 Å². The number of rotatable bonds is 9. The van der Waals surface area contributed by atoms with Crippen molar-refractivity contribution in [1.82, 2.24) is 4.90 Å². The van der Waals surface area contributed by atoms with Gasteiger partial charge in [0.1, 0.15) is 11.5 Å². The molecule has 0 saturated carbocycles. The van der Waals surface area contributed by atoms with E-state index in [0.29, 0.717) is 25.9 Å². The first kappa shape index (κ1) is 20.0. The molecule has 0 aliphatic rings. The number of carbonyl (C=O) groups excluding carboxylic acids is 1. The van der Waals surface area contributed by atoms with Crippen molar-refractivity contribution in [1.29, 1.82) is 0 Å². The van der Waals surface area contributed by atoms with Gasteiger partial charge in [-0.2, -0.15) is 0 Å². The van der Waals surface area contributed by atoms with Crippen molar-refractivity contribution >= 4 is 17.2 Å². The van der Waals surface area contributed by atoms with Gasteiger partial charge in [0, 0.05) is 23.4 Å². The Hall–Kier alpha value is -2.79. The maximum absolute atomic E-state index is 13.0. The second kappa shape index (κ2) is 9.95. The predicted molar refractivity (Wildman–Crippen MR) is 113 cm³/mol. The molecule has 0 fully saturated rings. The maximum atomic E-state index is 13.0. The van der Waals surface area contributed by atoms with Crippen molar-refractivity contribution in [2.75, 3.05) is 14.2 Å². The van der Waals surface area contributed by atoms with Crippen molar-refractivity contribution in [2.24, 2.45) is 0 Å². The first-order valence-corrected chi connectivity index (χ1v) is 10.1. The molecular formula is C23H25NO3S. The fraction of sp³-hybridized carbons (Fsp3) is 0.261. The lowest BCUT2D eigenvalue weighted by Crippen LogP contribution is -2.30. The van der Waals surface area contributed by atoms with Gasteiger partial charge in [0.25, 0.3) is 0 Å². The molecule has 0 saturated heterocycles. The molecule has 28 heavy (non-hydrogen) atoms. The van der Waals surface area contributed by atoms with E-state index in [2.05, 4.69) is 6.07 Å². The number of nitrogens with zero attached hydrogens (tertiary/aromatic N) is 1. The molecule has 146 valence electrons. The minimum Gasteiger partial charge on any atom is -0.497 e. The van der Waals surface area contributed by atoms with Crippen LogP contribution in [0.25, 0.3) is 0 Å². The van der Waals surface area contributed by atoms with E-state index in [1.807, 2.05) is 64.9 Å². The number of hydrogen-bond donors (Lipinski definition) is 0. The molecule has 2 aromatic carbocycles. The highest BCUT2D eigenvalue weighted by Crippen LogP contribution is 2.22. The van der Waals surface area contributed by atoms with E-state index >= 15 is 0 Å². The van der Waals surface area contributed by atoms with Gasteiger partial charge in [0.15, 0.2) is 0 Å². The average Bonchev–Trinajstić information content (AvgIpc) is 3.25. The molecule has 0 unspecified atom stereocenters. The Bertz CT molecular complexity index is 875. The Kier molecular flexibility index (Phi) is 7.09. The third kappa shape index (κ3) is 5.36. The van der Waals surface area contributed by atoms with Gasteiger partial charge in [0.2, 0.25) is 5.91 Å². The van der Waals surface area contributed by atoms with Gasteiger partial charge in [-0.05, 0) is 41.6 Å². The lowest BCUT2D eigenvalue weighted by molar-refractivity contribution is -0.132. The molecular weight excluding hydrogens is 370 g/mol. The summed E-state index contributed by atoms with van der Waals surface area (Å²) in [6, 6.07) is 19.8. The molecule has 0 N–H and O–H groups in total. The fourth-order valence-electron chi connectivity index (χ4n) is 3.06. The lowest BCUT2D eigenvalue weighted by Gasteiger charge is -2.23. The molecule has 3 aromatic rings. The van der Waals surface area contributed by atoms with Crippen molar-refractivity contribution < 1.29 is 14.3 Å². The Morgan fingerprint density at radius 2 is 1.71 bits per heavy atom. The third-order valence-electron chi connectivity index (χ3n) is 4.62. The van der Waals surface area contributed by atoms with E-state index in [1.165, 1.54) is 4.88 Å². The summed E-state index contributed by atoms with van der Waals surface area (Å²) in [5, 5.41) is 2.04. The van der Waals surface area contributed by atoms with E-state index in [9.17, 15) is 4.79 Å². The van der Waals surface area contributed by atoms with Crippen molar-refractivity contribution in [2.45, 2.75) is 25.9 Å². The van der Waals surface area contributed by atoms with Crippen LogP contribution < -0.4 is 9.47 Å². The molecule has 0 bridgehead atoms. The second-order valence-electron chi connectivity index (χ2n) is 6.49. The molecule has 3 rings (SSSR count). The van der Waals surface area contributed by atoms with Gasteiger partial charge in [-0.3, -0.25) is 4.79 Å². The number of ether oxygens (including phenoxy) is 2. The zero-order valence-corrected chi connectivity index (χ0v) is 17.1. The van der Waals surface area contributed by atoms with Crippen LogP contribution in [0.5, 0.6) is 11.5 Å². The van der Waals surface area contributed by atoms with Gasteiger partial charge in [0.05, 0.1) is 20.8 Å². The van der Waals surface area contributed by atoms with Crippen molar-refractivity contribution in [3.05, 3.63) is 82.0 Å². The maximum Gasteiger partial charge on any atom is 0.223 e.